The molecule has 130 valence electrons. The summed E-state index contributed by atoms with van der Waals surface area (Å²) in [5, 5.41) is 3.32. The number of allylic oxidation sites excluding steroid dienone is 1. The Morgan fingerprint density at radius 3 is 2.35 bits per heavy atom. The number of hydrogen-bond acceptors (Lipinski definition) is 4. The van der Waals surface area contributed by atoms with Gasteiger partial charge in [0.1, 0.15) is 5.75 Å². The number of benzene rings is 1. The highest BCUT2D eigenvalue weighted by Gasteiger charge is 2.11. The third-order valence-corrected chi connectivity index (χ3v) is 4.01. The Balaban J connectivity index is 2.78. The van der Waals surface area contributed by atoms with Crippen LogP contribution >= 0.6 is 0 Å². The summed E-state index contributed by atoms with van der Waals surface area (Å²) in [6.45, 7) is 6.84. The van der Waals surface area contributed by atoms with Gasteiger partial charge in [-0.05, 0) is 36.1 Å². The number of hydrogen-bond donors (Lipinski definition) is 2. The normalized spacial score (nSPS) is 14.1. The van der Waals surface area contributed by atoms with Gasteiger partial charge in [0.2, 0.25) is 0 Å². The van der Waals surface area contributed by atoms with Crippen LogP contribution in [-0.4, -0.2) is 32.4 Å². The molecule has 0 fully saturated rings. The van der Waals surface area contributed by atoms with E-state index in [0.717, 1.165) is 11.3 Å². The van der Waals surface area contributed by atoms with Crippen molar-refractivity contribution in [2.75, 3.05) is 19.4 Å². The zero-order chi connectivity index (χ0) is 17.5. The first-order valence-electron chi connectivity index (χ1n) is 7.62. The molecule has 1 aromatic carbocycles. The van der Waals surface area contributed by atoms with E-state index in [0.29, 0.717) is 13.0 Å². The highest BCUT2D eigenvalue weighted by molar-refractivity contribution is 7.85. The van der Waals surface area contributed by atoms with Crippen molar-refractivity contribution in [1.82, 2.24) is 5.32 Å². The van der Waals surface area contributed by atoms with E-state index in [1.165, 1.54) is 0 Å². The van der Waals surface area contributed by atoms with Gasteiger partial charge in [-0.25, -0.2) is 0 Å². The SMILES string of the molecule is COc1ccc([C@H](/C=C/C(C)(C)C)NCCCS(=O)(=O)O)cc1. The lowest BCUT2D eigenvalue weighted by Gasteiger charge is -2.19. The molecule has 0 heterocycles. The van der Waals surface area contributed by atoms with E-state index in [4.69, 9.17) is 9.29 Å². The Hall–Kier alpha value is -1.37. The van der Waals surface area contributed by atoms with Crippen molar-refractivity contribution in [3.05, 3.63) is 42.0 Å². The minimum absolute atomic E-state index is 0.0264. The summed E-state index contributed by atoms with van der Waals surface area (Å²) in [5.74, 6) is 0.553. The minimum Gasteiger partial charge on any atom is -0.497 e. The fourth-order valence-electron chi connectivity index (χ4n) is 2.01. The predicted molar refractivity (Wildman–Crippen MR) is 93.4 cm³/mol. The Labute approximate surface area is 139 Å². The van der Waals surface area contributed by atoms with Crippen LogP contribution in [0.25, 0.3) is 0 Å². The Bertz CT molecular complexity index is 600. The molecule has 6 heteroatoms. The molecule has 1 atom stereocenters. The van der Waals surface area contributed by atoms with Crippen LogP contribution in [0.3, 0.4) is 0 Å². The maximum absolute atomic E-state index is 10.8. The lowest BCUT2D eigenvalue weighted by atomic mass is 9.94. The molecule has 1 rings (SSSR count). The molecule has 0 aliphatic rings. The second-order valence-corrected chi connectivity index (χ2v) is 8.14. The van der Waals surface area contributed by atoms with Gasteiger partial charge in [-0.1, -0.05) is 45.1 Å². The number of ether oxygens (including phenoxy) is 1. The summed E-state index contributed by atoms with van der Waals surface area (Å²) in [6.07, 6.45) is 4.56. The molecular weight excluding hydrogens is 314 g/mol. The molecule has 2 N–H and O–H groups in total. The molecular formula is C17H27NO4S. The van der Waals surface area contributed by atoms with Gasteiger partial charge < -0.3 is 10.1 Å². The van der Waals surface area contributed by atoms with Crippen molar-refractivity contribution in [3.63, 3.8) is 0 Å². The first kappa shape index (κ1) is 19.7. The Morgan fingerprint density at radius 2 is 1.87 bits per heavy atom. The highest BCUT2D eigenvalue weighted by atomic mass is 32.2. The number of nitrogens with one attached hydrogen (secondary N) is 1. The molecule has 1 aromatic rings. The Morgan fingerprint density at radius 1 is 1.26 bits per heavy atom. The smallest absolute Gasteiger partial charge is 0.264 e. The maximum atomic E-state index is 10.8. The quantitative estimate of drug-likeness (QED) is 0.431. The summed E-state index contributed by atoms with van der Waals surface area (Å²) in [6, 6.07) is 7.72. The number of rotatable bonds is 8. The van der Waals surface area contributed by atoms with E-state index in [9.17, 15) is 8.42 Å². The van der Waals surface area contributed by atoms with Crippen molar-refractivity contribution in [3.8, 4) is 5.75 Å². The molecule has 0 amide bonds. The van der Waals surface area contributed by atoms with E-state index >= 15 is 0 Å². The zero-order valence-electron chi connectivity index (χ0n) is 14.2. The van der Waals surface area contributed by atoms with Gasteiger partial charge in [-0.2, -0.15) is 8.42 Å². The lowest BCUT2D eigenvalue weighted by molar-refractivity contribution is 0.414. The van der Waals surface area contributed by atoms with Gasteiger partial charge in [0, 0.05) is 0 Å². The summed E-state index contributed by atoms with van der Waals surface area (Å²) >= 11 is 0. The molecule has 5 nitrogen and oxygen atoms in total. The van der Waals surface area contributed by atoms with Crippen LogP contribution in [0.2, 0.25) is 0 Å². The van der Waals surface area contributed by atoms with Crippen molar-refractivity contribution in [2.24, 2.45) is 5.41 Å². The van der Waals surface area contributed by atoms with Gasteiger partial charge in [0.05, 0.1) is 18.9 Å². The second kappa shape index (κ2) is 8.47. The van der Waals surface area contributed by atoms with Gasteiger partial charge in [-0.3, -0.25) is 4.55 Å². The summed E-state index contributed by atoms with van der Waals surface area (Å²) in [4.78, 5) is 0. The third kappa shape index (κ3) is 8.74. The van der Waals surface area contributed by atoms with Crippen molar-refractivity contribution in [1.29, 1.82) is 0 Å². The monoisotopic (exact) mass is 341 g/mol. The van der Waals surface area contributed by atoms with Gasteiger partial charge in [-0.15, -0.1) is 0 Å². The van der Waals surface area contributed by atoms with Crippen molar-refractivity contribution in [2.45, 2.75) is 33.2 Å². The van der Waals surface area contributed by atoms with Crippen LogP contribution in [0.15, 0.2) is 36.4 Å². The molecule has 0 radical (unpaired) electrons. The molecule has 0 unspecified atom stereocenters. The van der Waals surface area contributed by atoms with Crippen LogP contribution in [0.1, 0.15) is 38.8 Å². The van der Waals surface area contributed by atoms with E-state index in [-0.39, 0.29) is 17.2 Å². The first-order chi connectivity index (χ1) is 10.6. The average Bonchev–Trinajstić information content (AvgIpc) is 2.44. The second-order valence-electron chi connectivity index (χ2n) is 6.57. The molecule has 0 aliphatic heterocycles. The first-order valence-corrected chi connectivity index (χ1v) is 9.23. The van der Waals surface area contributed by atoms with E-state index < -0.39 is 10.1 Å². The topological polar surface area (TPSA) is 75.6 Å². The van der Waals surface area contributed by atoms with Crippen molar-refractivity contribution >= 4 is 10.1 Å². The molecule has 0 bridgehead atoms. The van der Waals surface area contributed by atoms with Gasteiger partial charge in [0.15, 0.2) is 0 Å². The van der Waals surface area contributed by atoms with Crippen molar-refractivity contribution < 1.29 is 17.7 Å². The zero-order valence-corrected chi connectivity index (χ0v) is 15.1. The fraction of sp³-hybridized carbons (Fsp3) is 0.529. The predicted octanol–water partition coefficient (Wildman–Crippen LogP) is 3.21. The fourth-order valence-corrected chi connectivity index (χ4v) is 2.51. The summed E-state index contributed by atoms with van der Waals surface area (Å²) < 4.78 is 35.5. The molecule has 23 heavy (non-hydrogen) atoms. The lowest BCUT2D eigenvalue weighted by Crippen LogP contribution is -2.23. The molecule has 0 aromatic heterocycles. The van der Waals surface area contributed by atoms with Gasteiger partial charge in [0.25, 0.3) is 10.1 Å². The maximum Gasteiger partial charge on any atom is 0.264 e. The van der Waals surface area contributed by atoms with Crippen LogP contribution in [0.4, 0.5) is 0 Å². The average molecular weight is 341 g/mol. The molecule has 0 saturated carbocycles. The van der Waals surface area contributed by atoms with Crippen LogP contribution in [0.5, 0.6) is 5.75 Å². The number of methoxy groups -OCH3 is 1. The van der Waals surface area contributed by atoms with E-state index in [2.05, 4.69) is 38.2 Å². The largest absolute Gasteiger partial charge is 0.497 e. The highest BCUT2D eigenvalue weighted by Crippen LogP contribution is 2.22. The van der Waals surface area contributed by atoms with Crippen LogP contribution in [0, 0.1) is 5.41 Å². The standard InChI is InChI=1S/C17H27NO4S/c1-17(2,3)11-10-16(18-12-5-13-23(19,20)21)14-6-8-15(22-4)9-7-14/h6-11,16,18H,5,12-13H2,1-4H3,(H,19,20,21)/b11-10+/t16-/m0/s1. The van der Waals surface area contributed by atoms with E-state index in [1.54, 1.807) is 7.11 Å². The molecule has 0 aliphatic carbocycles. The molecule has 0 saturated heterocycles. The summed E-state index contributed by atoms with van der Waals surface area (Å²) in [5.41, 5.74) is 1.12. The van der Waals surface area contributed by atoms with Gasteiger partial charge >= 0.3 is 0 Å². The van der Waals surface area contributed by atoms with Crippen LogP contribution in [-0.2, 0) is 10.1 Å². The van der Waals surface area contributed by atoms with Crippen LogP contribution < -0.4 is 10.1 Å². The summed E-state index contributed by atoms with van der Waals surface area (Å²) in [7, 11) is -2.28. The third-order valence-electron chi connectivity index (χ3n) is 3.21. The Kier molecular flexibility index (Phi) is 7.25. The minimum atomic E-state index is -3.91. The molecule has 0 spiro atoms. The van der Waals surface area contributed by atoms with E-state index in [1.807, 2.05) is 24.3 Å².